The zero-order chi connectivity index (χ0) is 45.2. The summed E-state index contributed by atoms with van der Waals surface area (Å²) in [6.45, 7) is 21.1. The number of amidine groups is 1. The fourth-order valence-corrected chi connectivity index (χ4v) is 6.72. The van der Waals surface area contributed by atoms with E-state index in [-0.39, 0.29) is 18.4 Å². The normalized spacial score (nSPS) is 20.7. The predicted octanol–water partition coefficient (Wildman–Crippen LogP) is 9.21. The molecule has 0 bridgehead atoms. The van der Waals surface area contributed by atoms with Crippen LogP contribution in [0.4, 0.5) is 0 Å². The molecule has 3 N–H and O–H groups in total. The summed E-state index contributed by atoms with van der Waals surface area (Å²) in [5, 5.41) is 26.6. The van der Waals surface area contributed by atoms with Crippen LogP contribution in [0.2, 0.25) is 0 Å². The topological polar surface area (TPSA) is 201 Å². The summed E-state index contributed by atoms with van der Waals surface area (Å²) in [5.41, 5.74) is 9.46. The van der Waals surface area contributed by atoms with Crippen molar-refractivity contribution in [1.29, 1.82) is 0 Å². The van der Waals surface area contributed by atoms with Crippen molar-refractivity contribution >= 4 is 31.8 Å². The van der Waals surface area contributed by atoms with Gasteiger partial charge in [0.2, 0.25) is 0 Å². The number of nitrogens with zero attached hydrogens (tertiary/aromatic N) is 8. The minimum atomic E-state index is -4.16. The van der Waals surface area contributed by atoms with Crippen LogP contribution in [0.25, 0.3) is 0 Å². The molecule has 3 unspecified atom stereocenters. The van der Waals surface area contributed by atoms with Crippen LogP contribution in [0.1, 0.15) is 53.9 Å². The zero-order valence-electron chi connectivity index (χ0n) is 35.6. The first kappa shape index (κ1) is 49.5. The minimum absolute atomic E-state index is 0.153. The van der Waals surface area contributed by atoms with Gasteiger partial charge in [0.05, 0.1) is 41.1 Å². The Labute approximate surface area is 361 Å². The Morgan fingerprint density at radius 3 is 2.30 bits per heavy atom. The second-order valence-corrected chi connectivity index (χ2v) is 17.5. The maximum atomic E-state index is 11.4. The molecular weight excluding hydrogens is 815 g/mol. The Morgan fingerprint density at radius 2 is 1.69 bits per heavy atom. The van der Waals surface area contributed by atoms with Crippen LogP contribution < -0.4 is 5.43 Å². The Hall–Kier alpha value is -5.88. The number of hydrogen-bond donors (Lipinski definition) is 3. The second kappa shape index (κ2) is 23.8. The number of hydrazone groups is 2. The van der Waals surface area contributed by atoms with E-state index in [1.54, 1.807) is 32.1 Å². The lowest BCUT2D eigenvalue weighted by molar-refractivity contribution is 0.396. The average molecular weight is 872 g/mol. The van der Waals surface area contributed by atoms with Crippen molar-refractivity contribution in [3.8, 4) is 0 Å². The smallest absolute Gasteiger partial charge is 0.271 e. The number of allylic oxidation sites excluding steroid dienone is 16. The van der Waals surface area contributed by atoms with Crippen molar-refractivity contribution < 1.29 is 25.9 Å². The van der Waals surface area contributed by atoms with Gasteiger partial charge in [0.25, 0.3) is 20.2 Å². The van der Waals surface area contributed by atoms with E-state index in [1.807, 2.05) is 45.1 Å². The number of likely N-dealkylation sites (N-methyl/N-ethyl adjacent to an activating group) is 1. The third-order valence-electron chi connectivity index (χ3n) is 8.98. The van der Waals surface area contributed by atoms with Crippen molar-refractivity contribution in [3.05, 3.63) is 168 Å². The van der Waals surface area contributed by atoms with Crippen LogP contribution in [0.3, 0.4) is 0 Å². The molecule has 0 radical (unpaired) electrons. The first-order valence-corrected chi connectivity index (χ1v) is 22.5. The van der Waals surface area contributed by atoms with E-state index >= 15 is 0 Å². The molecule has 0 amide bonds. The van der Waals surface area contributed by atoms with Crippen LogP contribution in [0, 0.1) is 5.92 Å². The maximum Gasteiger partial charge on any atom is 0.271 e. The molecule has 326 valence electrons. The number of hydrogen-bond acceptors (Lipinski definition) is 12. The lowest BCUT2D eigenvalue weighted by Crippen LogP contribution is -2.23. The molecule has 15 nitrogen and oxygen atoms in total. The highest BCUT2D eigenvalue weighted by molar-refractivity contribution is 7.86. The highest BCUT2D eigenvalue weighted by Crippen LogP contribution is 2.25. The average Bonchev–Trinajstić information content (AvgIpc) is 3.55. The molecule has 1 heterocycles. The Balaban J connectivity index is 1.47. The Bertz CT molecular complexity index is 2360. The van der Waals surface area contributed by atoms with Gasteiger partial charge in [-0.25, -0.2) is 5.01 Å². The van der Waals surface area contributed by atoms with Gasteiger partial charge < -0.3 is 4.90 Å². The van der Waals surface area contributed by atoms with Gasteiger partial charge in [0, 0.05) is 18.4 Å². The van der Waals surface area contributed by atoms with Crippen molar-refractivity contribution in [3.63, 3.8) is 0 Å². The summed E-state index contributed by atoms with van der Waals surface area (Å²) in [7, 11) is -6.22. The summed E-state index contributed by atoms with van der Waals surface area (Å²) in [4.78, 5) is 2.23. The molecule has 0 aromatic rings. The van der Waals surface area contributed by atoms with Crippen molar-refractivity contribution in [2.45, 2.75) is 65.2 Å². The maximum absolute atomic E-state index is 11.4. The zero-order valence-corrected chi connectivity index (χ0v) is 37.3. The van der Waals surface area contributed by atoms with Crippen LogP contribution in [0.5, 0.6) is 0 Å². The van der Waals surface area contributed by atoms with Crippen molar-refractivity contribution in [2.75, 3.05) is 19.3 Å². The number of rotatable bonds is 20. The van der Waals surface area contributed by atoms with Gasteiger partial charge in [-0.2, -0.15) is 37.3 Å². The molecule has 1 aliphatic heterocycles. The third-order valence-corrected chi connectivity index (χ3v) is 10.7. The molecule has 0 saturated heterocycles. The van der Waals surface area contributed by atoms with Crippen LogP contribution in [0.15, 0.2) is 199 Å². The van der Waals surface area contributed by atoms with Gasteiger partial charge in [0.1, 0.15) is 10.9 Å². The van der Waals surface area contributed by atoms with Gasteiger partial charge in [-0.3, -0.25) is 14.5 Å². The van der Waals surface area contributed by atoms with Crippen molar-refractivity contribution in [2.24, 2.45) is 36.6 Å². The van der Waals surface area contributed by atoms with Crippen LogP contribution in [-0.4, -0.2) is 78.0 Å². The minimum Gasteiger partial charge on any atom is -0.368 e. The quantitative estimate of drug-likeness (QED) is 0.0266. The molecule has 3 rings (SSSR count). The van der Waals surface area contributed by atoms with Crippen LogP contribution in [-0.2, 0) is 20.2 Å². The fraction of sp³-hybridized carbons (Fsp3) is 0.318. The van der Waals surface area contributed by atoms with Crippen LogP contribution >= 0.6 is 0 Å². The molecule has 17 heteroatoms. The van der Waals surface area contributed by atoms with Gasteiger partial charge in [-0.15, -0.1) is 10.2 Å². The number of nitrogens with one attached hydrogen (secondary N) is 1. The van der Waals surface area contributed by atoms with E-state index in [0.717, 1.165) is 35.4 Å². The van der Waals surface area contributed by atoms with Gasteiger partial charge >= 0.3 is 0 Å². The fourth-order valence-electron chi connectivity index (χ4n) is 5.76. The van der Waals surface area contributed by atoms with E-state index in [9.17, 15) is 21.4 Å². The highest BCUT2D eigenvalue weighted by Gasteiger charge is 2.21. The molecule has 0 aromatic carbocycles. The summed E-state index contributed by atoms with van der Waals surface area (Å²) in [6.07, 6.45) is 32.9. The van der Waals surface area contributed by atoms with Gasteiger partial charge in [0.15, 0.2) is 5.84 Å². The largest absolute Gasteiger partial charge is 0.368 e. The molecule has 0 aromatic heterocycles. The molecule has 61 heavy (non-hydrogen) atoms. The molecule has 3 atom stereocenters. The Morgan fingerprint density at radius 1 is 0.934 bits per heavy atom. The third kappa shape index (κ3) is 17.7. The van der Waals surface area contributed by atoms with E-state index in [0.29, 0.717) is 40.9 Å². The summed E-state index contributed by atoms with van der Waals surface area (Å²) < 4.78 is 63.2. The molecule has 0 saturated carbocycles. The monoisotopic (exact) mass is 871 g/mol. The summed E-state index contributed by atoms with van der Waals surface area (Å²) in [6, 6.07) is 0.191. The molecule has 0 spiro atoms. The van der Waals surface area contributed by atoms with Gasteiger partial charge in [-0.1, -0.05) is 92.6 Å². The van der Waals surface area contributed by atoms with E-state index in [2.05, 4.69) is 104 Å². The summed E-state index contributed by atoms with van der Waals surface area (Å²) in [5.74, 6) is 0.0113. The second-order valence-electron chi connectivity index (χ2n) is 14.4. The van der Waals surface area contributed by atoms with E-state index < -0.39 is 31.2 Å². The summed E-state index contributed by atoms with van der Waals surface area (Å²) >= 11 is 0. The predicted molar refractivity (Wildman–Crippen MR) is 246 cm³/mol. The molecular formula is C44H57N9O6S2. The molecule has 0 fully saturated rings. The number of azo groups is 2. The van der Waals surface area contributed by atoms with E-state index in [4.69, 9.17) is 4.55 Å². The standard InChI is InChI=1S/C44H57N9O6S2/c1-10-13-42(15-12-31-60(54,55)56)53(33(4)5)51-36(8)47-45-30-11-14-34(6)16-24-40-26-27-41(52(40)9)25-19-37-17-20-38(21-18-37)49-50-44(32(2)3)35(7)46-48-39-22-28-43(29-23-39)61(57,58)59/h10-17,19-25,27-28,37,40,43,48H,1,4,6,18,26,29-31H2,2-3,5,7-9H3,(H,54,55,56)(H,57,58,59)/b14-11-,15-12-,24-16+,25-19-,42-13+,46-35-,47-45?,50-49?,51-36-. The lowest BCUT2D eigenvalue weighted by Gasteiger charge is -2.21. The highest BCUT2D eigenvalue weighted by atomic mass is 32.2. The van der Waals surface area contributed by atoms with Crippen molar-refractivity contribution in [1.82, 2.24) is 15.3 Å². The first-order valence-electron chi connectivity index (χ1n) is 19.4. The van der Waals surface area contributed by atoms with Gasteiger partial charge in [-0.05, 0) is 101 Å². The lowest BCUT2D eigenvalue weighted by atomic mass is 9.99. The first-order chi connectivity index (χ1) is 28.8. The molecule has 3 aliphatic rings. The molecule has 2 aliphatic carbocycles. The SMILES string of the molecule is C=C/C=C(\C=C/CS(=O)(=O)O)N(/N=C(/C)N=NC/C=C\C(=C)/C=C/C1CC=C(/C=C\C2C=CC(N=NC(=C(C)C)/C(C)=N\NC3=CCC(S(=O)(=O)O)C=C3)=CC2)N1C)C(=C)C. The van der Waals surface area contributed by atoms with E-state index in [1.165, 1.54) is 29.3 Å². The Kier molecular flexibility index (Phi) is 19.3.